The van der Waals surface area contributed by atoms with E-state index in [4.69, 9.17) is 14.2 Å². The molecule has 2 aliphatic heterocycles. The van der Waals surface area contributed by atoms with Gasteiger partial charge < -0.3 is 14.2 Å². The summed E-state index contributed by atoms with van der Waals surface area (Å²) >= 11 is 0. The smallest absolute Gasteiger partial charge is 0.566 e. The van der Waals surface area contributed by atoms with E-state index >= 15 is 0 Å². The van der Waals surface area contributed by atoms with E-state index < -0.39 is 19.8 Å². The Morgan fingerprint density at radius 1 is 1.25 bits per heavy atom. The fourth-order valence-corrected chi connectivity index (χ4v) is 5.34. The molecule has 158 valence electrons. The molecule has 0 saturated heterocycles. The van der Waals surface area contributed by atoms with E-state index in [1.54, 1.807) is 17.6 Å². The predicted octanol–water partition coefficient (Wildman–Crippen LogP) is -0.312. The third kappa shape index (κ3) is 3.21. The van der Waals surface area contributed by atoms with Crippen molar-refractivity contribution in [1.29, 1.82) is 0 Å². The van der Waals surface area contributed by atoms with E-state index in [1.165, 1.54) is 0 Å². The molecule has 1 aromatic carbocycles. The summed E-state index contributed by atoms with van der Waals surface area (Å²) in [6.07, 6.45) is 0.775. The first-order valence-electron chi connectivity index (χ1n) is 10.1. The van der Waals surface area contributed by atoms with Crippen molar-refractivity contribution in [3.05, 3.63) is 62.9 Å². The number of para-hydroxylation sites is 1. The minimum Gasteiger partial charge on any atom is -0.566 e. The number of aromatic nitrogens is 2. The SMILES string of the molecule is CCc1c2c(nc3ccccc13)-c1cc3c(c(=O)n1C2)COC(=O)[C@@]3(CC)O[P+](=O)[O-].[Na+]. The first-order valence-corrected chi connectivity index (χ1v) is 11.2. The molecule has 4 heterocycles. The van der Waals surface area contributed by atoms with Crippen LogP contribution < -0.4 is 40.0 Å². The zero-order valence-corrected chi connectivity index (χ0v) is 20.9. The second-order valence-electron chi connectivity index (χ2n) is 7.67. The number of hydrogen-bond donors (Lipinski definition) is 0. The van der Waals surface area contributed by atoms with Gasteiger partial charge in [0.1, 0.15) is 6.61 Å². The van der Waals surface area contributed by atoms with Crippen molar-refractivity contribution in [2.24, 2.45) is 0 Å². The van der Waals surface area contributed by atoms with E-state index in [-0.39, 0.29) is 59.3 Å². The standard InChI is InChI=1S/C22H19N2O6P.Na/c1-3-12-13-7-5-6-8-17(13)23-19-14(12)10-24-18(19)9-16-15(20(24)25)11-29-21(26)22(16,4-2)30-31(27)28;/h5-9H,3-4,10-11H2,1-2H3;/q;+1/t22-;/m0./s1. The number of fused-ring (bicyclic) bond motifs is 5. The number of esters is 1. The number of carbonyl (C=O) groups is 1. The summed E-state index contributed by atoms with van der Waals surface area (Å²) in [5.74, 6) is -0.815. The Morgan fingerprint density at radius 2 is 2.00 bits per heavy atom. The van der Waals surface area contributed by atoms with Gasteiger partial charge in [-0.1, -0.05) is 32.0 Å². The number of cyclic esters (lactones) is 1. The van der Waals surface area contributed by atoms with Gasteiger partial charge in [-0.15, -0.1) is 4.52 Å². The van der Waals surface area contributed by atoms with Crippen LogP contribution in [-0.4, -0.2) is 15.5 Å². The summed E-state index contributed by atoms with van der Waals surface area (Å²) in [5.41, 5.74) is 2.40. The Labute approximate surface area is 206 Å². The second-order valence-corrected chi connectivity index (χ2v) is 8.30. The molecule has 0 saturated carbocycles. The van der Waals surface area contributed by atoms with E-state index in [9.17, 15) is 19.0 Å². The maximum atomic E-state index is 13.4. The van der Waals surface area contributed by atoms with Gasteiger partial charge in [-0.05, 0) is 35.1 Å². The molecular weight excluding hydrogens is 442 g/mol. The predicted molar refractivity (Wildman–Crippen MR) is 110 cm³/mol. The van der Waals surface area contributed by atoms with Gasteiger partial charge in [-0.2, -0.15) is 0 Å². The molecule has 0 spiro atoms. The van der Waals surface area contributed by atoms with E-state index in [0.29, 0.717) is 17.9 Å². The summed E-state index contributed by atoms with van der Waals surface area (Å²) in [6.45, 7) is 3.82. The molecule has 1 unspecified atom stereocenters. The Balaban J connectivity index is 0.00000245. The van der Waals surface area contributed by atoms with Crippen LogP contribution in [0.2, 0.25) is 0 Å². The first-order chi connectivity index (χ1) is 14.9. The minimum atomic E-state index is -3.35. The van der Waals surface area contributed by atoms with Gasteiger partial charge in [-0.25, -0.2) is 9.78 Å². The van der Waals surface area contributed by atoms with Gasteiger partial charge >= 0.3 is 43.8 Å². The summed E-state index contributed by atoms with van der Waals surface area (Å²) in [4.78, 5) is 42.3. The first kappa shape index (κ1) is 23.2. The fourth-order valence-electron chi connectivity index (χ4n) is 4.78. The Morgan fingerprint density at radius 3 is 2.69 bits per heavy atom. The third-order valence-electron chi connectivity index (χ3n) is 6.26. The van der Waals surface area contributed by atoms with Crippen molar-refractivity contribution >= 4 is 25.1 Å². The van der Waals surface area contributed by atoms with Gasteiger partial charge in [0, 0.05) is 16.5 Å². The van der Waals surface area contributed by atoms with Gasteiger partial charge in [0.2, 0.25) is 5.60 Å². The number of carbonyl (C=O) groups excluding carboxylic acids is 1. The zero-order valence-electron chi connectivity index (χ0n) is 18.0. The van der Waals surface area contributed by atoms with Crippen molar-refractivity contribution in [1.82, 2.24) is 9.55 Å². The maximum Gasteiger partial charge on any atom is 1.00 e. The van der Waals surface area contributed by atoms with Crippen molar-refractivity contribution in [2.75, 3.05) is 0 Å². The van der Waals surface area contributed by atoms with Gasteiger partial charge in [0.05, 0.1) is 29.0 Å². The van der Waals surface area contributed by atoms with Crippen LogP contribution in [0, 0.1) is 0 Å². The number of aryl methyl sites for hydroxylation is 1. The molecule has 0 amide bonds. The molecule has 8 nitrogen and oxygen atoms in total. The Hall–Kier alpha value is -1.93. The Kier molecular flexibility index (Phi) is 6.13. The topological polar surface area (TPSA) is 111 Å². The minimum absolute atomic E-state index is 0. The summed E-state index contributed by atoms with van der Waals surface area (Å²) in [6, 6.07) is 9.49. The van der Waals surface area contributed by atoms with E-state index in [1.807, 2.05) is 24.3 Å². The molecule has 0 N–H and O–H groups in total. The number of benzene rings is 1. The molecule has 32 heavy (non-hydrogen) atoms. The number of rotatable bonds is 4. The molecule has 0 aliphatic carbocycles. The van der Waals surface area contributed by atoms with Crippen molar-refractivity contribution in [3.63, 3.8) is 0 Å². The van der Waals surface area contributed by atoms with Crippen LogP contribution in [0.5, 0.6) is 0 Å². The average Bonchev–Trinajstić information content (AvgIpc) is 3.12. The van der Waals surface area contributed by atoms with E-state index in [2.05, 4.69) is 6.92 Å². The number of hydrogen-bond acceptors (Lipinski definition) is 7. The number of nitrogens with zero attached hydrogens (tertiary/aromatic N) is 2. The van der Waals surface area contributed by atoms with Crippen LogP contribution in [0.1, 0.15) is 42.5 Å². The fraction of sp³-hybridized carbons (Fsp3) is 0.318. The van der Waals surface area contributed by atoms with Crippen molar-refractivity contribution < 1.29 is 53.1 Å². The van der Waals surface area contributed by atoms with Crippen LogP contribution in [0.15, 0.2) is 35.1 Å². The maximum absolute atomic E-state index is 13.4. The number of pyridine rings is 2. The molecule has 0 bridgehead atoms. The quantitative estimate of drug-likeness (QED) is 0.233. The van der Waals surface area contributed by atoms with Gasteiger partial charge in [-0.3, -0.25) is 4.79 Å². The van der Waals surface area contributed by atoms with Crippen LogP contribution in [0.4, 0.5) is 0 Å². The Bertz CT molecular complexity index is 1350. The monoisotopic (exact) mass is 461 g/mol. The zero-order chi connectivity index (χ0) is 21.9. The van der Waals surface area contributed by atoms with Crippen molar-refractivity contribution in [3.8, 4) is 11.4 Å². The summed E-state index contributed by atoms with van der Waals surface area (Å²) in [5, 5.41) is 1.04. The van der Waals surface area contributed by atoms with Gasteiger partial charge in [0.15, 0.2) is 0 Å². The molecule has 3 aromatic rings. The third-order valence-corrected chi connectivity index (χ3v) is 6.73. The molecule has 10 heteroatoms. The molecular formula is C22H19N2NaO6P+. The molecule has 2 aromatic heterocycles. The molecule has 2 atom stereocenters. The molecule has 0 fully saturated rings. The van der Waals surface area contributed by atoms with Crippen molar-refractivity contribution in [2.45, 2.75) is 45.4 Å². The summed E-state index contributed by atoms with van der Waals surface area (Å²) in [7, 11) is -3.35. The van der Waals surface area contributed by atoms with Crippen LogP contribution >= 0.6 is 8.25 Å². The molecule has 0 radical (unpaired) electrons. The van der Waals surface area contributed by atoms with Crippen LogP contribution in [0.3, 0.4) is 0 Å². The average molecular weight is 461 g/mol. The van der Waals surface area contributed by atoms with E-state index in [0.717, 1.165) is 28.5 Å². The second kappa shape index (κ2) is 8.45. The van der Waals surface area contributed by atoms with Crippen LogP contribution in [0.25, 0.3) is 22.3 Å². The van der Waals surface area contributed by atoms with Gasteiger partial charge in [0.25, 0.3) is 5.56 Å². The normalized spacial score (nSPS) is 19.0. The summed E-state index contributed by atoms with van der Waals surface area (Å²) < 4.78 is 23.3. The molecule has 2 aliphatic rings. The van der Waals surface area contributed by atoms with Crippen LogP contribution in [-0.2, 0) is 43.8 Å². The molecule has 5 rings (SSSR count). The number of ether oxygens (including phenoxy) is 1. The largest absolute Gasteiger partial charge is 1.00 e.